The van der Waals surface area contributed by atoms with Crippen molar-refractivity contribution in [1.82, 2.24) is 5.32 Å². The molecule has 1 aromatic rings. The predicted octanol–water partition coefficient (Wildman–Crippen LogP) is 4.75. The summed E-state index contributed by atoms with van der Waals surface area (Å²) in [6, 6.07) is 5.72. The molecule has 0 bridgehead atoms. The summed E-state index contributed by atoms with van der Waals surface area (Å²) >= 11 is 0. The van der Waals surface area contributed by atoms with Crippen molar-refractivity contribution in [1.29, 1.82) is 0 Å². The van der Waals surface area contributed by atoms with Crippen molar-refractivity contribution < 1.29 is 23.8 Å². The van der Waals surface area contributed by atoms with Gasteiger partial charge in [-0.15, -0.1) is 0 Å². The summed E-state index contributed by atoms with van der Waals surface area (Å²) in [6.07, 6.45) is 7.96. The summed E-state index contributed by atoms with van der Waals surface area (Å²) in [6.45, 7) is 4.73. The second-order valence-electron chi connectivity index (χ2n) is 11.2. The van der Waals surface area contributed by atoms with Crippen LogP contribution >= 0.6 is 0 Å². The van der Waals surface area contributed by atoms with Crippen molar-refractivity contribution in [2.45, 2.75) is 71.3 Å². The maximum Gasteiger partial charge on any atom is 0.315 e. The van der Waals surface area contributed by atoms with Crippen LogP contribution in [0.1, 0.15) is 65.2 Å². The Balaban J connectivity index is 1.37. The maximum absolute atomic E-state index is 13.5. The average Bonchev–Trinajstić information content (AvgIpc) is 3.17. The summed E-state index contributed by atoms with van der Waals surface area (Å²) < 4.78 is 16.8. The van der Waals surface area contributed by atoms with Gasteiger partial charge in [-0.05, 0) is 85.7 Å². The number of para-hydroxylation sites is 1. The quantitative estimate of drug-likeness (QED) is 0.524. The molecule has 0 spiro atoms. The molecule has 5 rings (SSSR count). The van der Waals surface area contributed by atoms with Crippen LogP contribution in [0.25, 0.3) is 0 Å². The molecule has 4 fully saturated rings. The molecule has 1 aromatic carbocycles. The normalized spacial score (nSPS) is 39.5. The van der Waals surface area contributed by atoms with Gasteiger partial charge in [0.05, 0.1) is 20.1 Å². The lowest BCUT2D eigenvalue weighted by Gasteiger charge is -2.60. The monoisotopic (exact) mass is 455 g/mol. The number of hydrogen-bond donors (Lipinski definition) is 1. The number of methoxy groups -OCH3 is 2. The third kappa shape index (κ3) is 3.43. The molecule has 7 atom stereocenters. The molecule has 3 saturated carbocycles. The van der Waals surface area contributed by atoms with Crippen molar-refractivity contribution in [3.05, 3.63) is 18.2 Å². The van der Waals surface area contributed by atoms with Gasteiger partial charge in [0.15, 0.2) is 11.5 Å². The fourth-order valence-corrected chi connectivity index (χ4v) is 8.18. The van der Waals surface area contributed by atoms with Crippen LogP contribution in [0.5, 0.6) is 17.2 Å². The van der Waals surface area contributed by atoms with Gasteiger partial charge in [-0.1, -0.05) is 19.9 Å². The first-order chi connectivity index (χ1) is 15.8. The first-order valence-corrected chi connectivity index (χ1v) is 12.5. The molecule has 33 heavy (non-hydrogen) atoms. The van der Waals surface area contributed by atoms with E-state index in [-0.39, 0.29) is 28.6 Å². The third-order valence-electron chi connectivity index (χ3n) is 9.96. The van der Waals surface area contributed by atoms with Crippen LogP contribution in [0, 0.1) is 34.5 Å². The molecule has 1 heterocycles. The number of carbonyl (C=O) groups is 2. The van der Waals surface area contributed by atoms with E-state index >= 15 is 0 Å². The summed E-state index contributed by atoms with van der Waals surface area (Å²) in [5.41, 5.74) is 0.135. The number of fused-ring (bicyclic) bond motifs is 5. The number of ether oxygens (including phenoxy) is 3. The highest BCUT2D eigenvalue weighted by Gasteiger charge is 2.61. The minimum absolute atomic E-state index is 0.0470. The van der Waals surface area contributed by atoms with Crippen LogP contribution < -0.4 is 19.5 Å². The largest absolute Gasteiger partial charge is 0.493 e. The molecule has 1 saturated heterocycles. The number of benzene rings is 1. The zero-order chi connectivity index (χ0) is 23.4. The Labute approximate surface area is 196 Å². The smallest absolute Gasteiger partial charge is 0.315 e. The molecule has 6 nitrogen and oxygen atoms in total. The van der Waals surface area contributed by atoms with Gasteiger partial charge < -0.3 is 19.5 Å². The Kier molecular flexibility index (Phi) is 5.61. The highest BCUT2D eigenvalue weighted by Crippen LogP contribution is 2.65. The molecule has 1 aliphatic heterocycles. The zero-order valence-electron chi connectivity index (χ0n) is 20.3. The first-order valence-electron chi connectivity index (χ1n) is 12.5. The van der Waals surface area contributed by atoms with E-state index in [2.05, 4.69) is 19.2 Å². The lowest BCUT2D eigenvalue weighted by atomic mass is 9.47. The highest BCUT2D eigenvalue weighted by atomic mass is 16.6. The molecular weight excluding hydrogens is 418 g/mol. The molecule has 0 unspecified atom stereocenters. The predicted molar refractivity (Wildman–Crippen MR) is 124 cm³/mol. The van der Waals surface area contributed by atoms with Gasteiger partial charge in [-0.3, -0.25) is 9.59 Å². The summed E-state index contributed by atoms with van der Waals surface area (Å²) in [5, 5.41) is 3.30. The van der Waals surface area contributed by atoms with Gasteiger partial charge >= 0.3 is 5.97 Å². The fourth-order valence-electron chi connectivity index (χ4n) is 8.18. The highest BCUT2D eigenvalue weighted by molar-refractivity contribution is 5.78. The van der Waals surface area contributed by atoms with E-state index in [4.69, 9.17) is 14.2 Å². The van der Waals surface area contributed by atoms with Crippen molar-refractivity contribution in [3.63, 3.8) is 0 Å². The van der Waals surface area contributed by atoms with Crippen LogP contribution in [0.3, 0.4) is 0 Å². The van der Waals surface area contributed by atoms with Gasteiger partial charge in [0.25, 0.3) is 0 Å². The summed E-state index contributed by atoms with van der Waals surface area (Å²) in [4.78, 5) is 25.6. The average molecular weight is 456 g/mol. The molecule has 180 valence electrons. The molecule has 0 radical (unpaired) electrons. The van der Waals surface area contributed by atoms with Crippen LogP contribution in [-0.2, 0) is 9.59 Å². The molecular formula is C27H37NO5. The minimum atomic E-state index is -0.161. The SMILES string of the molecule is COc1cccc(OC)c1OC(=O)[C@H]1CC[C@H]2[C@@H]3CC[C@H]4NC(=O)CC[C@]4(C)[C@H]3CC[C@]12C. The number of hydrogen-bond acceptors (Lipinski definition) is 5. The molecule has 1 amide bonds. The Bertz CT molecular complexity index is 924. The lowest BCUT2D eigenvalue weighted by molar-refractivity contribution is -0.150. The van der Waals surface area contributed by atoms with Crippen LogP contribution in [0.2, 0.25) is 0 Å². The molecule has 1 N–H and O–H groups in total. The van der Waals surface area contributed by atoms with Gasteiger partial charge in [-0.25, -0.2) is 0 Å². The van der Waals surface area contributed by atoms with E-state index in [9.17, 15) is 9.59 Å². The van der Waals surface area contributed by atoms with Crippen LogP contribution in [0.4, 0.5) is 0 Å². The van der Waals surface area contributed by atoms with Gasteiger partial charge in [0, 0.05) is 12.5 Å². The van der Waals surface area contributed by atoms with Crippen molar-refractivity contribution in [2.24, 2.45) is 34.5 Å². The second-order valence-corrected chi connectivity index (χ2v) is 11.2. The zero-order valence-corrected chi connectivity index (χ0v) is 20.3. The van der Waals surface area contributed by atoms with Gasteiger partial charge in [0.2, 0.25) is 11.7 Å². The molecule has 6 heteroatoms. The molecule has 3 aliphatic carbocycles. The van der Waals surface area contributed by atoms with Crippen molar-refractivity contribution in [3.8, 4) is 17.2 Å². The fraction of sp³-hybridized carbons (Fsp3) is 0.704. The second kappa shape index (κ2) is 8.21. The number of amides is 1. The number of esters is 1. The first kappa shape index (κ1) is 22.5. The molecule has 4 aliphatic rings. The number of carbonyl (C=O) groups excluding carboxylic acids is 2. The van der Waals surface area contributed by atoms with Gasteiger partial charge in [0.1, 0.15) is 0 Å². The topological polar surface area (TPSA) is 73.9 Å². The Morgan fingerprint density at radius 3 is 2.33 bits per heavy atom. The Hall–Kier alpha value is -2.24. The standard InChI is InChI=1S/C27H37NO5/c1-26-14-12-18-16(8-11-22-27(18,2)15-13-23(29)28-22)17(26)9-10-19(26)25(30)33-24-20(31-3)6-5-7-21(24)32-4/h5-7,16-19,22H,8-15H2,1-4H3,(H,28,29)/t16-,17-,18-,19+,22+,26-,27+/m0/s1. The summed E-state index contributed by atoms with van der Waals surface area (Å²) in [7, 11) is 3.15. The Morgan fingerprint density at radius 2 is 1.64 bits per heavy atom. The van der Waals surface area contributed by atoms with Gasteiger partial charge in [-0.2, -0.15) is 0 Å². The minimum Gasteiger partial charge on any atom is -0.493 e. The van der Waals surface area contributed by atoms with E-state index < -0.39 is 0 Å². The van der Waals surface area contributed by atoms with E-state index in [1.54, 1.807) is 26.4 Å². The van der Waals surface area contributed by atoms with E-state index in [0.29, 0.717) is 47.5 Å². The van der Waals surface area contributed by atoms with E-state index in [0.717, 1.165) is 44.9 Å². The summed E-state index contributed by atoms with van der Waals surface area (Å²) in [5.74, 6) is 3.11. The van der Waals surface area contributed by atoms with Crippen LogP contribution in [-0.4, -0.2) is 32.1 Å². The number of piperidine rings is 1. The van der Waals surface area contributed by atoms with Crippen molar-refractivity contribution in [2.75, 3.05) is 14.2 Å². The van der Waals surface area contributed by atoms with E-state index in [1.165, 1.54) is 0 Å². The molecule has 0 aromatic heterocycles. The van der Waals surface area contributed by atoms with Crippen molar-refractivity contribution >= 4 is 11.9 Å². The van der Waals surface area contributed by atoms with E-state index in [1.807, 2.05) is 6.07 Å². The third-order valence-corrected chi connectivity index (χ3v) is 9.96. The Morgan fingerprint density at radius 1 is 0.939 bits per heavy atom. The number of rotatable bonds is 4. The lowest BCUT2D eigenvalue weighted by Crippen LogP contribution is -2.61. The van der Waals surface area contributed by atoms with Crippen LogP contribution in [0.15, 0.2) is 18.2 Å². The maximum atomic E-state index is 13.5. The number of nitrogens with one attached hydrogen (secondary N) is 1.